The van der Waals surface area contributed by atoms with E-state index in [2.05, 4.69) is 23.8 Å². The van der Waals surface area contributed by atoms with Gasteiger partial charge in [-0.05, 0) is 44.6 Å². The second kappa shape index (κ2) is 6.46. The van der Waals surface area contributed by atoms with E-state index in [4.69, 9.17) is 11.6 Å². The number of hydrogen-bond acceptors (Lipinski definition) is 3. The minimum absolute atomic E-state index is 0.319. The van der Waals surface area contributed by atoms with E-state index in [0.717, 1.165) is 38.2 Å². The molecule has 1 fully saturated rings. The fourth-order valence-corrected chi connectivity index (χ4v) is 3.00. The van der Waals surface area contributed by atoms with Crippen LogP contribution >= 0.6 is 11.6 Å². The zero-order chi connectivity index (χ0) is 14.7. The maximum atomic E-state index is 11.4. The average Bonchev–Trinajstić information content (AvgIpc) is 2.59. The number of anilines is 1. The molecular formula is C15H21ClN2O2. The van der Waals surface area contributed by atoms with Crippen LogP contribution < -0.4 is 4.90 Å². The molecule has 110 valence electrons. The van der Waals surface area contributed by atoms with Crippen molar-refractivity contribution in [2.45, 2.75) is 25.8 Å². The summed E-state index contributed by atoms with van der Waals surface area (Å²) < 4.78 is 0. The van der Waals surface area contributed by atoms with Gasteiger partial charge in [0.2, 0.25) is 0 Å². The molecular weight excluding hydrogens is 276 g/mol. The van der Waals surface area contributed by atoms with Crippen molar-refractivity contribution in [2.75, 3.05) is 31.6 Å². The Balaban J connectivity index is 2.41. The first-order chi connectivity index (χ1) is 9.52. The summed E-state index contributed by atoms with van der Waals surface area (Å²) in [4.78, 5) is 16.0. The van der Waals surface area contributed by atoms with E-state index in [0.29, 0.717) is 16.6 Å². The van der Waals surface area contributed by atoms with E-state index in [-0.39, 0.29) is 0 Å². The molecule has 0 amide bonds. The van der Waals surface area contributed by atoms with Gasteiger partial charge in [0.15, 0.2) is 0 Å². The Bertz CT molecular complexity index is 493. The Kier molecular flexibility index (Phi) is 4.89. The summed E-state index contributed by atoms with van der Waals surface area (Å²) in [5, 5.41) is 9.97. The standard InChI is InChI=1S/C15H21ClN2O2/c1-3-12-10-17(2)7-4-8-18(12)14-9-11(16)5-6-13(14)15(19)20/h5-6,9,12H,3-4,7-8,10H2,1-2H3,(H,19,20). The van der Waals surface area contributed by atoms with E-state index >= 15 is 0 Å². The van der Waals surface area contributed by atoms with Gasteiger partial charge in [0.05, 0.1) is 11.3 Å². The van der Waals surface area contributed by atoms with Crippen LogP contribution in [0.4, 0.5) is 5.69 Å². The Hall–Kier alpha value is -1.26. The summed E-state index contributed by atoms with van der Waals surface area (Å²) in [5.74, 6) is -0.899. The molecule has 0 aliphatic carbocycles. The van der Waals surface area contributed by atoms with Crippen molar-refractivity contribution in [1.82, 2.24) is 4.90 Å². The third-order valence-corrected chi connectivity index (χ3v) is 4.11. The van der Waals surface area contributed by atoms with Gasteiger partial charge in [-0.15, -0.1) is 0 Å². The molecule has 4 nitrogen and oxygen atoms in total. The molecule has 1 aromatic carbocycles. The summed E-state index contributed by atoms with van der Waals surface area (Å²) in [6.07, 6.45) is 2.01. The zero-order valence-electron chi connectivity index (χ0n) is 12.0. The van der Waals surface area contributed by atoms with Gasteiger partial charge in [-0.1, -0.05) is 18.5 Å². The van der Waals surface area contributed by atoms with Crippen LogP contribution in [0.1, 0.15) is 30.1 Å². The Morgan fingerprint density at radius 1 is 1.45 bits per heavy atom. The molecule has 1 aliphatic rings. The maximum absolute atomic E-state index is 11.4. The predicted octanol–water partition coefficient (Wildman–Crippen LogP) is 2.96. The quantitative estimate of drug-likeness (QED) is 0.931. The highest BCUT2D eigenvalue weighted by Crippen LogP contribution is 2.29. The molecule has 5 heteroatoms. The predicted molar refractivity (Wildman–Crippen MR) is 82.0 cm³/mol. The lowest BCUT2D eigenvalue weighted by molar-refractivity contribution is 0.0697. The minimum atomic E-state index is -0.899. The van der Waals surface area contributed by atoms with E-state index in [1.165, 1.54) is 0 Å². The van der Waals surface area contributed by atoms with Gasteiger partial charge in [0.1, 0.15) is 0 Å². The van der Waals surface area contributed by atoms with Gasteiger partial charge < -0.3 is 14.9 Å². The first-order valence-corrected chi connectivity index (χ1v) is 7.38. The third kappa shape index (κ3) is 3.25. The van der Waals surface area contributed by atoms with Crippen molar-refractivity contribution < 1.29 is 9.90 Å². The van der Waals surface area contributed by atoms with Gasteiger partial charge in [-0.3, -0.25) is 0 Å². The number of carboxylic acids is 1. The van der Waals surface area contributed by atoms with Crippen molar-refractivity contribution in [3.8, 4) is 0 Å². The highest BCUT2D eigenvalue weighted by Gasteiger charge is 2.25. The highest BCUT2D eigenvalue weighted by molar-refractivity contribution is 6.31. The number of hydrogen-bond donors (Lipinski definition) is 1. The number of likely N-dealkylation sites (N-methyl/N-ethyl adjacent to an activating group) is 1. The summed E-state index contributed by atoms with van der Waals surface area (Å²) in [5.41, 5.74) is 1.07. The molecule has 1 atom stereocenters. The largest absolute Gasteiger partial charge is 0.478 e. The number of carbonyl (C=O) groups is 1. The highest BCUT2D eigenvalue weighted by atomic mass is 35.5. The van der Waals surface area contributed by atoms with Gasteiger partial charge in [0.25, 0.3) is 0 Å². The normalized spacial score (nSPS) is 20.8. The number of benzene rings is 1. The molecule has 0 radical (unpaired) electrons. The molecule has 0 bridgehead atoms. The topological polar surface area (TPSA) is 43.8 Å². The fraction of sp³-hybridized carbons (Fsp3) is 0.533. The molecule has 1 aromatic rings. The SMILES string of the molecule is CCC1CN(C)CCCN1c1cc(Cl)ccc1C(=O)O. The molecule has 0 aromatic heterocycles. The lowest BCUT2D eigenvalue weighted by atomic mass is 10.1. The van der Waals surface area contributed by atoms with Crippen LogP contribution in [0.3, 0.4) is 0 Å². The minimum Gasteiger partial charge on any atom is -0.478 e. The van der Waals surface area contributed by atoms with E-state index in [1.807, 2.05) is 0 Å². The Morgan fingerprint density at radius 2 is 2.20 bits per heavy atom. The van der Waals surface area contributed by atoms with Crippen molar-refractivity contribution in [3.63, 3.8) is 0 Å². The van der Waals surface area contributed by atoms with Crippen LogP contribution in [0.5, 0.6) is 0 Å². The molecule has 1 unspecified atom stereocenters. The Morgan fingerprint density at radius 3 is 2.85 bits per heavy atom. The van der Waals surface area contributed by atoms with Crippen LogP contribution in [0.25, 0.3) is 0 Å². The van der Waals surface area contributed by atoms with E-state index in [9.17, 15) is 9.90 Å². The van der Waals surface area contributed by atoms with Crippen LogP contribution in [0.2, 0.25) is 5.02 Å². The number of carboxylic acid groups (broad SMARTS) is 1. The number of aromatic carboxylic acids is 1. The second-order valence-electron chi connectivity index (χ2n) is 5.34. The maximum Gasteiger partial charge on any atom is 0.337 e. The molecule has 1 aliphatic heterocycles. The second-order valence-corrected chi connectivity index (χ2v) is 5.77. The average molecular weight is 297 g/mol. The first-order valence-electron chi connectivity index (χ1n) is 7.01. The van der Waals surface area contributed by atoms with Gasteiger partial charge in [-0.2, -0.15) is 0 Å². The zero-order valence-corrected chi connectivity index (χ0v) is 12.7. The number of nitrogens with zero attached hydrogens (tertiary/aromatic N) is 2. The molecule has 2 rings (SSSR count). The van der Waals surface area contributed by atoms with Crippen molar-refractivity contribution >= 4 is 23.3 Å². The third-order valence-electron chi connectivity index (χ3n) is 3.87. The summed E-state index contributed by atoms with van der Waals surface area (Å²) in [6.45, 7) is 4.99. The van der Waals surface area contributed by atoms with Crippen LogP contribution in [0.15, 0.2) is 18.2 Å². The van der Waals surface area contributed by atoms with Crippen molar-refractivity contribution in [2.24, 2.45) is 0 Å². The van der Waals surface area contributed by atoms with Crippen LogP contribution in [-0.2, 0) is 0 Å². The molecule has 0 spiro atoms. The lowest BCUT2D eigenvalue weighted by Gasteiger charge is -2.33. The monoisotopic (exact) mass is 296 g/mol. The molecule has 1 heterocycles. The fourth-order valence-electron chi connectivity index (χ4n) is 2.83. The number of rotatable bonds is 3. The van der Waals surface area contributed by atoms with Crippen molar-refractivity contribution in [1.29, 1.82) is 0 Å². The summed E-state index contributed by atoms with van der Waals surface area (Å²) in [7, 11) is 2.11. The van der Waals surface area contributed by atoms with Crippen LogP contribution in [0, 0.1) is 0 Å². The summed E-state index contributed by atoms with van der Waals surface area (Å²) >= 11 is 6.07. The molecule has 0 saturated carbocycles. The summed E-state index contributed by atoms with van der Waals surface area (Å²) in [6, 6.07) is 5.33. The molecule has 1 saturated heterocycles. The van der Waals surface area contributed by atoms with E-state index in [1.54, 1.807) is 18.2 Å². The number of halogens is 1. The van der Waals surface area contributed by atoms with Crippen LogP contribution in [-0.4, -0.2) is 48.7 Å². The Labute approximate surface area is 124 Å². The lowest BCUT2D eigenvalue weighted by Crippen LogP contribution is -2.40. The molecule has 1 N–H and O–H groups in total. The van der Waals surface area contributed by atoms with Crippen molar-refractivity contribution in [3.05, 3.63) is 28.8 Å². The van der Waals surface area contributed by atoms with Gasteiger partial charge in [0, 0.05) is 24.2 Å². The van der Waals surface area contributed by atoms with Gasteiger partial charge in [-0.25, -0.2) is 4.79 Å². The van der Waals surface area contributed by atoms with Gasteiger partial charge >= 0.3 is 5.97 Å². The van der Waals surface area contributed by atoms with E-state index < -0.39 is 5.97 Å². The molecule has 20 heavy (non-hydrogen) atoms. The smallest absolute Gasteiger partial charge is 0.337 e. The first kappa shape index (κ1) is 15.1.